The number of hydrogen-bond donors (Lipinski definition) is 1. The molecule has 0 radical (unpaired) electrons. The summed E-state index contributed by atoms with van der Waals surface area (Å²) < 4.78 is 24.5. The zero-order valence-corrected chi connectivity index (χ0v) is 13.2. The highest BCUT2D eigenvalue weighted by Gasteiger charge is 2.52. The van der Waals surface area contributed by atoms with Gasteiger partial charge in [0.1, 0.15) is 14.1 Å². The summed E-state index contributed by atoms with van der Waals surface area (Å²) in [6, 6.07) is 0.254. The molecule has 0 saturated heterocycles. The number of phosphoric acid groups is 1. The van der Waals surface area contributed by atoms with Gasteiger partial charge in [-0.05, 0) is 20.8 Å². The lowest BCUT2D eigenvalue weighted by Gasteiger charge is -2.27. The Labute approximate surface area is 109 Å². The molecule has 0 bridgehead atoms. The second-order valence-electron chi connectivity index (χ2n) is 6.04. The first-order valence-electron chi connectivity index (χ1n) is 6.04. The lowest BCUT2D eigenvalue weighted by atomic mass is 10.2. The van der Waals surface area contributed by atoms with Crippen molar-refractivity contribution < 1.29 is 27.8 Å². The van der Waals surface area contributed by atoms with Crippen LogP contribution in [0.25, 0.3) is 0 Å². The van der Waals surface area contributed by atoms with E-state index in [1.807, 2.05) is 25.5 Å². The predicted octanol–water partition coefficient (Wildman–Crippen LogP) is 1.74. The Balaban J connectivity index is 2.89. The van der Waals surface area contributed by atoms with Gasteiger partial charge in [0.15, 0.2) is 6.54 Å². The summed E-state index contributed by atoms with van der Waals surface area (Å²) >= 11 is 0. The number of hydroxylamine groups is 3. The third-order valence-corrected chi connectivity index (χ3v) is 4.49. The first-order valence-corrected chi connectivity index (χ1v) is 7.53. The van der Waals surface area contributed by atoms with E-state index in [2.05, 4.69) is 0 Å². The quantitative estimate of drug-likeness (QED) is 0.486. The Kier molecular flexibility index (Phi) is 4.11. The molecule has 1 rings (SSSR count). The molecule has 1 aliphatic rings. The second kappa shape index (κ2) is 4.69. The normalized spacial score (nSPS) is 32.8. The van der Waals surface area contributed by atoms with Crippen molar-refractivity contribution in [3.05, 3.63) is 0 Å². The Morgan fingerprint density at radius 1 is 1.50 bits per heavy atom. The largest absolute Gasteiger partial charge is 0.519 e. The minimum atomic E-state index is -4.09. The van der Waals surface area contributed by atoms with Crippen LogP contribution in [-0.2, 0) is 13.7 Å². The van der Waals surface area contributed by atoms with E-state index >= 15 is 0 Å². The van der Waals surface area contributed by atoms with Gasteiger partial charge in [0.25, 0.3) is 0 Å². The van der Waals surface area contributed by atoms with Crippen LogP contribution in [0.3, 0.4) is 0 Å². The minimum Gasteiger partial charge on any atom is -0.299 e. The number of rotatable bonds is 3. The van der Waals surface area contributed by atoms with E-state index in [1.165, 1.54) is 0 Å². The van der Waals surface area contributed by atoms with Gasteiger partial charge >= 0.3 is 13.7 Å². The molecular weight excluding hydrogens is 255 g/mol. The van der Waals surface area contributed by atoms with Crippen LogP contribution < -0.4 is 0 Å². The van der Waals surface area contributed by atoms with Gasteiger partial charge in [0.2, 0.25) is 6.04 Å². The zero-order chi connectivity index (χ0) is 14.4. The molecule has 18 heavy (non-hydrogen) atoms. The van der Waals surface area contributed by atoms with E-state index in [4.69, 9.17) is 9.15 Å². The first kappa shape index (κ1) is 15.8. The highest BCUT2D eigenvalue weighted by atomic mass is 31.2. The Morgan fingerprint density at radius 2 is 2.00 bits per heavy atom. The molecule has 106 valence electrons. The SMILES string of the molecule is CC1=[N+](C)C(C)C[N+]1(C)OP(=O)(O)OC(C)(C)C. The van der Waals surface area contributed by atoms with Crippen LogP contribution in [0.2, 0.25) is 0 Å². The number of hydrogen-bond acceptors (Lipinski definition) is 3. The molecule has 0 amide bonds. The fourth-order valence-corrected chi connectivity index (χ4v) is 3.46. The maximum atomic E-state index is 12.0. The molecule has 7 heteroatoms. The summed E-state index contributed by atoms with van der Waals surface area (Å²) in [6.07, 6.45) is 0. The molecule has 1 heterocycles. The summed E-state index contributed by atoms with van der Waals surface area (Å²) in [5.74, 6) is 0.884. The van der Waals surface area contributed by atoms with Crippen molar-refractivity contribution in [2.75, 3.05) is 20.6 Å². The molecule has 0 aromatic heterocycles. The summed E-state index contributed by atoms with van der Waals surface area (Å²) in [5.41, 5.74) is -0.728. The summed E-state index contributed by atoms with van der Waals surface area (Å²) in [6.45, 7) is 9.70. The Morgan fingerprint density at radius 3 is 2.33 bits per heavy atom. The van der Waals surface area contributed by atoms with E-state index < -0.39 is 13.4 Å². The van der Waals surface area contributed by atoms with Gasteiger partial charge < -0.3 is 0 Å². The van der Waals surface area contributed by atoms with Crippen molar-refractivity contribution in [3.8, 4) is 0 Å². The second-order valence-corrected chi connectivity index (χ2v) is 7.33. The number of likely N-dealkylation sites (N-methyl/N-ethyl adjacent to an activating group) is 2. The predicted molar refractivity (Wildman–Crippen MR) is 69.1 cm³/mol. The molecule has 3 atom stereocenters. The molecule has 0 aromatic rings. The van der Waals surface area contributed by atoms with Gasteiger partial charge in [-0.2, -0.15) is 4.58 Å². The molecule has 0 aromatic carbocycles. The Bertz CT molecular complexity index is 416. The fraction of sp³-hybridized carbons (Fsp3) is 0.909. The third kappa shape index (κ3) is 3.62. The molecule has 0 saturated carbocycles. The molecule has 0 fully saturated rings. The van der Waals surface area contributed by atoms with Crippen LogP contribution in [0, 0.1) is 0 Å². The van der Waals surface area contributed by atoms with E-state index in [0.717, 1.165) is 5.84 Å². The monoisotopic (exact) mass is 280 g/mol. The van der Waals surface area contributed by atoms with Crippen molar-refractivity contribution in [1.29, 1.82) is 0 Å². The zero-order valence-electron chi connectivity index (χ0n) is 12.3. The molecule has 1 N–H and O–H groups in total. The lowest BCUT2D eigenvalue weighted by molar-refractivity contribution is -0.992. The summed E-state index contributed by atoms with van der Waals surface area (Å²) in [4.78, 5) is 9.83. The van der Waals surface area contributed by atoms with Crippen molar-refractivity contribution in [1.82, 2.24) is 0 Å². The average Bonchev–Trinajstić information content (AvgIpc) is 2.24. The summed E-state index contributed by atoms with van der Waals surface area (Å²) in [5, 5.41) is 0. The van der Waals surface area contributed by atoms with Crippen molar-refractivity contribution in [2.24, 2.45) is 0 Å². The number of amidine groups is 1. The highest BCUT2D eigenvalue weighted by molar-refractivity contribution is 7.47. The maximum absolute atomic E-state index is 12.0. The minimum absolute atomic E-state index is 0.0263. The molecule has 6 nitrogen and oxygen atoms in total. The van der Waals surface area contributed by atoms with Crippen LogP contribution >= 0.6 is 7.82 Å². The standard InChI is InChI=1S/C11H24N2O4P/c1-9-8-13(7,10(2)12(9)6)17-18(14,15)16-11(3,4)5/h9H,8H2,1-7H3/q+1/p+1. The van der Waals surface area contributed by atoms with Gasteiger partial charge in [-0.25, -0.2) is 4.57 Å². The number of quaternary nitrogens is 1. The summed E-state index contributed by atoms with van der Waals surface area (Å²) in [7, 11) is -0.382. The van der Waals surface area contributed by atoms with Crippen molar-refractivity contribution in [3.63, 3.8) is 0 Å². The number of nitrogens with zero attached hydrogens (tertiary/aromatic N) is 2. The molecule has 0 aliphatic carbocycles. The van der Waals surface area contributed by atoms with Crippen molar-refractivity contribution in [2.45, 2.75) is 46.3 Å². The van der Waals surface area contributed by atoms with Crippen LogP contribution in [0.15, 0.2) is 0 Å². The van der Waals surface area contributed by atoms with Gasteiger partial charge in [0, 0.05) is 6.92 Å². The Hall–Kier alpha value is -0.260. The van der Waals surface area contributed by atoms with E-state index in [9.17, 15) is 9.46 Å². The smallest absolute Gasteiger partial charge is 0.299 e. The van der Waals surface area contributed by atoms with Gasteiger partial charge in [0.05, 0.1) is 12.5 Å². The third-order valence-electron chi connectivity index (χ3n) is 3.14. The molecular formula is C11H25N2O4P+2. The van der Waals surface area contributed by atoms with E-state index in [1.54, 1.807) is 27.8 Å². The van der Waals surface area contributed by atoms with E-state index in [0.29, 0.717) is 6.54 Å². The van der Waals surface area contributed by atoms with Gasteiger partial charge in [-0.1, -0.05) is 9.27 Å². The van der Waals surface area contributed by atoms with Crippen LogP contribution in [-0.4, -0.2) is 52.2 Å². The highest BCUT2D eigenvalue weighted by Crippen LogP contribution is 2.50. The molecule has 3 unspecified atom stereocenters. The first-order chi connectivity index (χ1) is 7.86. The molecule has 0 spiro atoms. The number of phosphoric ester groups is 1. The van der Waals surface area contributed by atoms with Gasteiger partial charge in [-0.3, -0.25) is 9.42 Å². The van der Waals surface area contributed by atoms with Crippen LogP contribution in [0.5, 0.6) is 0 Å². The van der Waals surface area contributed by atoms with Crippen LogP contribution in [0.4, 0.5) is 0 Å². The fourth-order valence-electron chi connectivity index (χ4n) is 2.09. The molecule has 1 aliphatic heterocycles. The average molecular weight is 280 g/mol. The topological polar surface area (TPSA) is 58.8 Å². The lowest BCUT2D eigenvalue weighted by Crippen LogP contribution is -2.46. The van der Waals surface area contributed by atoms with Crippen molar-refractivity contribution >= 4 is 13.7 Å². The van der Waals surface area contributed by atoms with E-state index in [-0.39, 0.29) is 10.7 Å². The van der Waals surface area contributed by atoms with Gasteiger partial charge in [-0.15, -0.1) is 0 Å². The van der Waals surface area contributed by atoms with Crippen LogP contribution in [0.1, 0.15) is 34.6 Å². The maximum Gasteiger partial charge on any atom is 0.519 e.